The molecular formula is C18H23N3O3S2. The molecule has 1 aliphatic rings. The van der Waals surface area contributed by atoms with E-state index in [1.54, 1.807) is 0 Å². The van der Waals surface area contributed by atoms with Gasteiger partial charge in [-0.1, -0.05) is 0 Å². The monoisotopic (exact) mass is 393 g/mol. The van der Waals surface area contributed by atoms with Gasteiger partial charge in [0.2, 0.25) is 5.91 Å². The number of benzene rings is 1. The molecule has 0 saturated carbocycles. The predicted octanol–water partition coefficient (Wildman–Crippen LogP) is 3.10. The van der Waals surface area contributed by atoms with Gasteiger partial charge < -0.3 is 14.8 Å². The molecule has 1 aromatic heterocycles. The van der Waals surface area contributed by atoms with Crippen molar-refractivity contribution < 1.29 is 14.3 Å². The van der Waals surface area contributed by atoms with E-state index in [1.165, 1.54) is 23.1 Å². The van der Waals surface area contributed by atoms with Crippen LogP contribution in [0.3, 0.4) is 0 Å². The summed E-state index contributed by atoms with van der Waals surface area (Å²) >= 11 is 2.97. The largest absolute Gasteiger partial charge is 0.494 e. The average Bonchev–Trinajstić information content (AvgIpc) is 3.09. The van der Waals surface area contributed by atoms with Gasteiger partial charge >= 0.3 is 0 Å². The topological polar surface area (TPSA) is 63.7 Å². The number of nitrogens with one attached hydrogen (secondary N) is 1. The van der Waals surface area contributed by atoms with Crippen LogP contribution in [0.1, 0.15) is 12.6 Å². The van der Waals surface area contributed by atoms with Crippen molar-refractivity contribution in [2.75, 3.05) is 44.0 Å². The van der Waals surface area contributed by atoms with Crippen LogP contribution < -0.4 is 10.1 Å². The number of carbonyl (C=O) groups excluding carboxylic acids is 1. The van der Waals surface area contributed by atoms with Crippen LogP contribution in [0, 0.1) is 0 Å². The summed E-state index contributed by atoms with van der Waals surface area (Å²) in [5.41, 5.74) is 0.992. The van der Waals surface area contributed by atoms with E-state index in [2.05, 4.69) is 15.2 Å². The van der Waals surface area contributed by atoms with Gasteiger partial charge in [-0.3, -0.25) is 9.69 Å². The number of hydrogen-bond acceptors (Lipinski definition) is 7. The summed E-state index contributed by atoms with van der Waals surface area (Å²) in [7, 11) is 0. The van der Waals surface area contributed by atoms with Crippen molar-refractivity contribution >= 4 is 34.1 Å². The summed E-state index contributed by atoms with van der Waals surface area (Å²) in [6.45, 7) is 6.81. The highest BCUT2D eigenvalue weighted by Gasteiger charge is 2.13. The van der Waals surface area contributed by atoms with Crippen LogP contribution >= 0.6 is 23.1 Å². The van der Waals surface area contributed by atoms with Gasteiger partial charge in [0.1, 0.15) is 5.75 Å². The van der Waals surface area contributed by atoms with Gasteiger partial charge in [0.25, 0.3) is 0 Å². The Morgan fingerprint density at radius 1 is 1.35 bits per heavy atom. The molecule has 1 aromatic carbocycles. The van der Waals surface area contributed by atoms with Crippen molar-refractivity contribution in [3.05, 3.63) is 35.3 Å². The van der Waals surface area contributed by atoms with Crippen molar-refractivity contribution in [1.29, 1.82) is 0 Å². The van der Waals surface area contributed by atoms with Crippen LogP contribution in [0.15, 0.2) is 34.5 Å². The number of anilines is 1. The molecule has 2 aromatic rings. The number of thiazole rings is 1. The van der Waals surface area contributed by atoms with Crippen LogP contribution in [0.4, 0.5) is 5.13 Å². The lowest BCUT2D eigenvalue weighted by atomic mass is 10.3. The number of amides is 1. The van der Waals surface area contributed by atoms with Crippen molar-refractivity contribution in [2.24, 2.45) is 0 Å². The number of carbonyl (C=O) groups is 1. The fourth-order valence-corrected chi connectivity index (χ4v) is 3.94. The van der Waals surface area contributed by atoms with Gasteiger partial charge in [-0.2, -0.15) is 0 Å². The smallest absolute Gasteiger partial charge is 0.236 e. The van der Waals surface area contributed by atoms with Crippen molar-refractivity contribution in [2.45, 2.75) is 18.4 Å². The lowest BCUT2D eigenvalue weighted by molar-refractivity contribution is -0.113. The average molecular weight is 394 g/mol. The first-order valence-electron chi connectivity index (χ1n) is 8.63. The standard InChI is InChI=1S/C18H23N3O3S2/c1-2-24-15-3-5-16(6-4-15)25-13-17(22)20-18-19-14(12-26-18)11-21-7-9-23-10-8-21/h3-6,12H,2,7-11,13H2,1H3,(H,19,20,22). The number of aromatic nitrogens is 1. The summed E-state index contributed by atoms with van der Waals surface area (Å²) in [5, 5.41) is 5.54. The van der Waals surface area contributed by atoms with Crippen LogP contribution in [0.5, 0.6) is 5.75 Å². The minimum absolute atomic E-state index is 0.0452. The molecule has 1 saturated heterocycles. The third-order valence-electron chi connectivity index (χ3n) is 3.79. The highest BCUT2D eigenvalue weighted by atomic mass is 32.2. The molecule has 2 heterocycles. The molecule has 0 atom stereocenters. The molecule has 6 nitrogen and oxygen atoms in total. The second-order valence-electron chi connectivity index (χ2n) is 5.77. The highest BCUT2D eigenvalue weighted by Crippen LogP contribution is 2.22. The van der Waals surface area contributed by atoms with Crippen LogP contribution in [-0.2, 0) is 16.1 Å². The van der Waals surface area contributed by atoms with Gasteiger partial charge in [0.15, 0.2) is 5.13 Å². The predicted molar refractivity (Wildman–Crippen MR) is 105 cm³/mol. The molecule has 0 unspecified atom stereocenters. The number of nitrogens with zero attached hydrogens (tertiary/aromatic N) is 2. The van der Waals surface area contributed by atoms with E-state index in [-0.39, 0.29) is 5.91 Å². The molecule has 8 heteroatoms. The zero-order chi connectivity index (χ0) is 18.2. The molecule has 1 aliphatic heterocycles. The maximum atomic E-state index is 12.1. The molecular weight excluding hydrogens is 370 g/mol. The Morgan fingerprint density at radius 2 is 2.12 bits per heavy atom. The van der Waals surface area contributed by atoms with E-state index in [0.717, 1.165) is 49.2 Å². The van der Waals surface area contributed by atoms with E-state index >= 15 is 0 Å². The summed E-state index contributed by atoms with van der Waals surface area (Å²) in [5.74, 6) is 1.15. The first kappa shape index (κ1) is 19.2. The summed E-state index contributed by atoms with van der Waals surface area (Å²) in [4.78, 5) is 20.0. The minimum atomic E-state index is -0.0452. The lowest BCUT2D eigenvalue weighted by Crippen LogP contribution is -2.35. The first-order valence-corrected chi connectivity index (χ1v) is 10.5. The maximum Gasteiger partial charge on any atom is 0.236 e. The van der Waals surface area contributed by atoms with E-state index in [9.17, 15) is 4.79 Å². The Balaban J connectivity index is 1.43. The zero-order valence-electron chi connectivity index (χ0n) is 14.8. The number of thioether (sulfide) groups is 1. The van der Waals surface area contributed by atoms with Crippen LogP contribution in [-0.4, -0.2) is 54.5 Å². The van der Waals surface area contributed by atoms with Crippen molar-refractivity contribution in [3.63, 3.8) is 0 Å². The Bertz CT molecular complexity index is 700. The fourth-order valence-electron chi connectivity index (χ4n) is 2.53. The number of ether oxygens (including phenoxy) is 2. The summed E-state index contributed by atoms with van der Waals surface area (Å²) in [6.07, 6.45) is 0. The molecule has 0 spiro atoms. The lowest BCUT2D eigenvalue weighted by Gasteiger charge is -2.25. The van der Waals surface area contributed by atoms with E-state index < -0.39 is 0 Å². The van der Waals surface area contributed by atoms with Crippen LogP contribution in [0.25, 0.3) is 0 Å². The Kier molecular flexibility index (Phi) is 7.31. The molecule has 3 rings (SSSR count). The number of hydrogen-bond donors (Lipinski definition) is 1. The quantitative estimate of drug-likeness (QED) is 0.696. The van der Waals surface area contributed by atoms with E-state index in [1.807, 2.05) is 36.6 Å². The van der Waals surface area contributed by atoms with Crippen LogP contribution in [0.2, 0.25) is 0 Å². The summed E-state index contributed by atoms with van der Waals surface area (Å²) < 4.78 is 10.8. The van der Waals surface area contributed by atoms with Crippen molar-refractivity contribution in [3.8, 4) is 5.75 Å². The van der Waals surface area contributed by atoms with E-state index in [4.69, 9.17) is 9.47 Å². The molecule has 0 bridgehead atoms. The molecule has 0 radical (unpaired) electrons. The Hall–Kier alpha value is -1.61. The second-order valence-corrected chi connectivity index (χ2v) is 7.68. The number of morpholine rings is 1. The van der Waals surface area contributed by atoms with Gasteiger partial charge in [0, 0.05) is 29.9 Å². The highest BCUT2D eigenvalue weighted by molar-refractivity contribution is 8.00. The van der Waals surface area contributed by atoms with Gasteiger partial charge in [0.05, 0.1) is 31.3 Å². The van der Waals surface area contributed by atoms with Gasteiger partial charge in [-0.25, -0.2) is 4.98 Å². The molecule has 140 valence electrons. The molecule has 1 amide bonds. The third-order valence-corrected chi connectivity index (χ3v) is 5.61. The molecule has 1 N–H and O–H groups in total. The number of rotatable bonds is 8. The Labute approximate surface area is 161 Å². The maximum absolute atomic E-state index is 12.1. The SMILES string of the molecule is CCOc1ccc(SCC(=O)Nc2nc(CN3CCOCC3)cs2)cc1. The fraction of sp³-hybridized carbons (Fsp3) is 0.444. The Morgan fingerprint density at radius 3 is 2.85 bits per heavy atom. The minimum Gasteiger partial charge on any atom is -0.494 e. The van der Waals surface area contributed by atoms with E-state index in [0.29, 0.717) is 17.5 Å². The molecule has 1 fully saturated rings. The first-order chi connectivity index (χ1) is 12.7. The zero-order valence-corrected chi connectivity index (χ0v) is 16.4. The van der Waals surface area contributed by atoms with Gasteiger partial charge in [-0.05, 0) is 31.2 Å². The third kappa shape index (κ3) is 5.98. The second kappa shape index (κ2) is 9.91. The summed E-state index contributed by atoms with van der Waals surface area (Å²) in [6, 6.07) is 7.77. The molecule has 26 heavy (non-hydrogen) atoms. The van der Waals surface area contributed by atoms with Gasteiger partial charge in [-0.15, -0.1) is 23.1 Å². The van der Waals surface area contributed by atoms with Crippen molar-refractivity contribution in [1.82, 2.24) is 9.88 Å². The normalized spacial score (nSPS) is 15.0. The molecule has 0 aliphatic carbocycles.